The van der Waals surface area contributed by atoms with Crippen molar-refractivity contribution < 1.29 is 4.79 Å². The Morgan fingerprint density at radius 1 is 1.50 bits per heavy atom. The topological polar surface area (TPSA) is 34.4 Å². The normalized spacial score (nSPS) is 10.1. The van der Waals surface area contributed by atoms with Gasteiger partial charge in [-0.2, -0.15) is 0 Å². The number of rotatable bonds is 1. The summed E-state index contributed by atoms with van der Waals surface area (Å²) in [5, 5.41) is 1.62. The molecule has 4 heteroatoms. The second-order valence-electron chi connectivity index (χ2n) is 2.94. The highest BCUT2D eigenvalue weighted by Crippen LogP contribution is 2.29. The number of nitrogens with zero attached hydrogens (tertiary/aromatic N) is 2. The Balaban J connectivity index is 2.87. The third kappa shape index (κ3) is 1.23. The minimum atomic E-state index is 0.558. The Labute approximate surface area is 85.6 Å². The summed E-state index contributed by atoms with van der Waals surface area (Å²) in [5.74, 6) is 0.558. The van der Waals surface area contributed by atoms with E-state index in [4.69, 9.17) is 11.6 Å². The largest absolute Gasteiger partial charge is 0.327 e. The van der Waals surface area contributed by atoms with Crippen LogP contribution in [0.15, 0.2) is 29.3 Å². The molecule has 0 aliphatic heterocycles. The molecule has 0 aliphatic rings. The average molecular weight is 207 g/mol. The summed E-state index contributed by atoms with van der Waals surface area (Å²) in [7, 11) is 1.81. The van der Waals surface area contributed by atoms with Gasteiger partial charge in [0.2, 0.25) is 6.08 Å². The Morgan fingerprint density at radius 2 is 2.29 bits per heavy atom. The second-order valence-corrected chi connectivity index (χ2v) is 3.35. The number of carbonyl (C=O) groups excluding carboxylic acids is 1. The fourth-order valence-corrected chi connectivity index (χ4v) is 1.82. The Hall–Kier alpha value is -1.57. The maximum atomic E-state index is 10.2. The summed E-state index contributed by atoms with van der Waals surface area (Å²) >= 11 is 6.01. The molecular formula is C10H7ClN2O. The number of aryl methyl sites for hydroxylation is 1. The van der Waals surface area contributed by atoms with Gasteiger partial charge < -0.3 is 4.57 Å². The minimum absolute atomic E-state index is 0.558. The van der Waals surface area contributed by atoms with Crippen LogP contribution in [0, 0.1) is 0 Å². The van der Waals surface area contributed by atoms with E-state index in [9.17, 15) is 4.79 Å². The van der Waals surface area contributed by atoms with Crippen LogP contribution in [-0.4, -0.2) is 10.6 Å². The van der Waals surface area contributed by atoms with Crippen LogP contribution in [0.1, 0.15) is 0 Å². The highest BCUT2D eigenvalue weighted by Gasteiger charge is 2.07. The summed E-state index contributed by atoms with van der Waals surface area (Å²) in [6, 6.07) is 7.38. The van der Waals surface area contributed by atoms with Crippen LogP contribution in [0.2, 0.25) is 5.02 Å². The van der Waals surface area contributed by atoms with Crippen LogP contribution >= 0.6 is 11.6 Å². The highest BCUT2D eigenvalue weighted by molar-refractivity contribution is 6.35. The van der Waals surface area contributed by atoms with E-state index >= 15 is 0 Å². The van der Waals surface area contributed by atoms with E-state index in [0.717, 1.165) is 10.9 Å². The molecule has 0 aliphatic carbocycles. The van der Waals surface area contributed by atoms with Gasteiger partial charge in [-0.1, -0.05) is 23.7 Å². The van der Waals surface area contributed by atoms with Gasteiger partial charge in [0, 0.05) is 12.4 Å². The number of aliphatic imine (C=N–C) groups is 1. The number of halogens is 1. The van der Waals surface area contributed by atoms with Crippen LogP contribution < -0.4 is 0 Å². The first-order chi connectivity index (χ1) is 6.74. The molecule has 2 rings (SSSR count). The van der Waals surface area contributed by atoms with E-state index in [1.807, 2.05) is 19.2 Å². The molecule has 1 heterocycles. The fraction of sp³-hybridized carbons (Fsp3) is 0.100. The van der Waals surface area contributed by atoms with Crippen LogP contribution in [0.5, 0.6) is 0 Å². The smallest absolute Gasteiger partial charge is 0.242 e. The van der Waals surface area contributed by atoms with Gasteiger partial charge in [-0.3, -0.25) is 0 Å². The zero-order valence-electron chi connectivity index (χ0n) is 7.49. The second kappa shape index (κ2) is 3.29. The number of hydrogen-bond acceptors (Lipinski definition) is 2. The Bertz CT molecular complexity index is 538. The lowest BCUT2D eigenvalue weighted by Gasteiger charge is -1.99. The van der Waals surface area contributed by atoms with Gasteiger partial charge in [-0.05, 0) is 12.1 Å². The summed E-state index contributed by atoms with van der Waals surface area (Å²) in [6.45, 7) is 0. The number of benzene rings is 1. The predicted octanol–water partition coefficient (Wildman–Crippen LogP) is 2.80. The molecule has 0 N–H and O–H groups in total. The molecule has 1 aromatic carbocycles. The van der Waals surface area contributed by atoms with Crippen LogP contribution in [0.3, 0.4) is 0 Å². The molecule has 0 saturated carbocycles. The van der Waals surface area contributed by atoms with Crippen molar-refractivity contribution in [3.05, 3.63) is 29.3 Å². The first-order valence-corrected chi connectivity index (χ1v) is 4.43. The van der Waals surface area contributed by atoms with Gasteiger partial charge >= 0.3 is 0 Å². The summed E-state index contributed by atoms with van der Waals surface area (Å²) in [6.07, 6.45) is 1.52. The molecule has 3 nitrogen and oxygen atoms in total. The van der Waals surface area contributed by atoms with Crippen molar-refractivity contribution in [3.63, 3.8) is 0 Å². The molecule has 0 atom stereocenters. The molecule has 0 saturated heterocycles. The number of isocyanates is 1. The molecule has 2 aromatic rings. The summed E-state index contributed by atoms with van der Waals surface area (Å²) in [5.41, 5.74) is 0.878. The molecule has 14 heavy (non-hydrogen) atoms. The molecule has 0 spiro atoms. The van der Waals surface area contributed by atoms with Gasteiger partial charge in [0.1, 0.15) is 5.82 Å². The van der Waals surface area contributed by atoms with Gasteiger partial charge in [-0.25, -0.2) is 4.79 Å². The first-order valence-electron chi connectivity index (χ1n) is 4.06. The molecule has 1 aromatic heterocycles. The van der Waals surface area contributed by atoms with Crippen molar-refractivity contribution in [1.82, 2.24) is 4.57 Å². The third-order valence-electron chi connectivity index (χ3n) is 2.14. The number of para-hydroxylation sites is 1. The van der Waals surface area contributed by atoms with Gasteiger partial charge in [0.25, 0.3) is 0 Å². The SMILES string of the molecule is Cn1c(N=C=O)cc2cccc(Cl)c21. The van der Waals surface area contributed by atoms with Crippen molar-refractivity contribution in [2.24, 2.45) is 12.0 Å². The molecule has 0 bridgehead atoms. The number of aromatic nitrogens is 1. The Kier molecular flexibility index (Phi) is 2.12. The third-order valence-corrected chi connectivity index (χ3v) is 2.45. The lowest BCUT2D eigenvalue weighted by molar-refractivity contribution is 0.565. The van der Waals surface area contributed by atoms with Crippen LogP contribution in [0.4, 0.5) is 5.82 Å². The standard InChI is InChI=1S/C10H7ClN2O/c1-13-9(12-6-14)5-7-3-2-4-8(11)10(7)13/h2-5H,1H3. The van der Waals surface area contributed by atoms with Crippen molar-refractivity contribution in [3.8, 4) is 0 Å². The lowest BCUT2D eigenvalue weighted by atomic mass is 10.2. The molecule has 70 valence electrons. The first kappa shape index (κ1) is 9.00. The zero-order valence-corrected chi connectivity index (χ0v) is 8.25. The number of hydrogen-bond donors (Lipinski definition) is 0. The predicted molar refractivity (Wildman–Crippen MR) is 55.7 cm³/mol. The quantitative estimate of drug-likeness (QED) is 0.522. The maximum absolute atomic E-state index is 10.2. The minimum Gasteiger partial charge on any atom is -0.327 e. The van der Waals surface area contributed by atoms with Gasteiger partial charge in [0.15, 0.2) is 0 Å². The van der Waals surface area contributed by atoms with Crippen molar-refractivity contribution >= 4 is 34.4 Å². The molecule has 0 amide bonds. The average Bonchev–Trinajstić information content (AvgIpc) is 2.46. The van der Waals surface area contributed by atoms with E-state index in [2.05, 4.69) is 4.99 Å². The highest BCUT2D eigenvalue weighted by atomic mass is 35.5. The van der Waals surface area contributed by atoms with Crippen LogP contribution in [0.25, 0.3) is 10.9 Å². The van der Waals surface area contributed by atoms with E-state index in [1.54, 1.807) is 16.7 Å². The molecular weight excluding hydrogens is 200 g/mol. The van der Waals surface area contributed by atoms with E-state index in [-0.39, 0.29) is 0 Å². The van der Waals surface area contributed by atoms with Crippen molar-refractivity contribution in [2.45, 2.75) is 0 Å². The maximum Gasteiger partial charge on any atom is 0.242 e. The Morgan fingerprint density at radius 3 is 2.93 bits per heavy atom. The fourth-order valence-electron chi connectivity index (χ4n) is 1.51. The van der Waals surface area contributed by atoms with Crippen molar-refractivity contribution in [1.29, 1.82) is 0 Å². The number of fused-ring (bicyclic) bond motifs is 1. The lowest BCUT2D eigenvalue weighted by Crippen LogP contribution is -1.86. The monoisotopic (exact) mass is 206 g/mol. The van der Waals surface area contributed by atoms with E-state index in [0.29, 0.717) is 10.8 Å². The van der Waals surface area contributed by atoms with Crippen molar-refractivity contribution in [2.75, 3.05) is 0 Å². The van der Waals surface area contributed by atoms with E-state index < -0.39 is 0 Å². The van der Waals surface area contributed by atoms with Gasteiger partial charge in [-0.15, -0.1) is 4.99 Å². The molecule has 0 radical (unpaired) electrons. The van der Waals surface area contributed by atoms with Crippen LogP contribution in [-0.2, 0) is 11.8 Å². The van der Waals surface area contributed by atoms with Gasteiger partial charge in [0.05, 0.1) is 10.5 Å². The molecule has 0 unspecified atom stereocenters. The molecule has 0 fully saturated rings. The summed E-state index contributed by atoms with van der Waals surface area (Å²) < 4.78 is 1.77. The summed E-state index contributed by atoms with van der Waals surface area (Å²) in [4.78, 5) is 13.7. The van der Waals surface area contributed by atoms with E-state index in [1.165, 1.54) is 6.08 Å². The zero-order chi connectivity index (χ0) is 10.1.